The van der Waals surface area contributed by atoms with Gasteiger partial charge in [-0.3, -0.25) is 4.79 Å². The van der Waals surface area contributed by atoms with Gasteiger partial charge < -0.3 is 15.3 Å². The van der Waals surface area contributed by atoms with E-state index in [1.165, 1.54) is 12.1 Å². The SMILES string of the molecule is CC1CC(C(=O)O)CN(C(=O)NCC(C)c2ccc(F)cc2)C1. The maximum Gasteiger partial charge on any atom is 0.317 e. The number of benzene rings is 1. The summed E-state index contributed by atoms with van der Waals surface area (Å²) in [5, 5.41) is 12.0. The second kappa shape index (κ2) is 7.44. The van der Waals surface area contributed by atoms with Crippen molar-refractivity contribution in [1.29, 1.82) is 0 Å². The van der Waals surface area contributed by atoms with Crippen LogP contribution in [0.3, 0.4) is 0 Å². The van der Waals surface area contributed by atoms with Crippen LogP contribution in [-0.2, 0) is 4.79 Å². The lowest BCUT2D eigenvalue weighted by Gasteiger charge is -2.34. The van der Waals surface area contributed by atoms with Crippen molar-refractivity contribution in [3.05, 3.63) is 35.6 Å². The minimum Gasteiger partial charge on any atom is -0.481 e. The van der Waals surface area contributed by atoms with Crippen molar-refractivity contribution in [2.24, 2.45) is 11.8 Å². The lowest BCUT2D eigenvalue weighted by atomic mass is 9.91. The number of carbonyl (C=O) groups is 2. The van der Waals surface area contributed by atoms with Gasteiger partial charge in [0.15, 0.2) is 0 Å². The van der Waals surface area contributed by atoms with Gasteiger partial charge in [-0.2, -0.15) is 0 Å². The third-order valence-electron chi connectivity index (χ3n) is 4.29. The first-order valence-corrected chi connectivity index (χ1v) is 7.88. The number of rotatable bonds is 4. The lowest BCUT2D eigenvalue weighted by molar-refractivity contribution is -0.143. The Morgan fingerprint density at radius 1 is 1.35 bits per heavy atom. The second-order valence-corrected chi connectivity index (χ2v) is 6.42. The summed E-state index contributed by atoms with van der Waals surface area (Å²) in [5.41, 5.74) is 0.946. The molecule has 3 unspecified atom stereocenters. The number of carboxylic acid groups (broad SMARTS) is 1. The van der Waals surface area contributed by atoms with E-state index in [9.17, 15) is 14.0 Å². The molecule has 1 fully saturated rings. The predicted octanol–water partition coefficient (Wildman–Crippen LogP) is 2.68. The van der Waals surface area contributed by atoms with Gasteiger partial charge in [-0.05, 0) is 36.0 Å². The number of hydrogen-bond acceptors (Lipinski definition) is 2. The third kappa shape index (κ3) is 4.68. The zero-order valence-electron chi connectivity index (χ0n) is 13.5. The molecule has 126 valence electrons. The van der Waals surface area contributed by atoms with E-state index in [2.05, 4.69) is 5.32 Å². The molecule has 0 radical (unpaired) electrons. The van der Waals surface area contributed by atoms with Crippen LogP contribution in [0.4, 0.5) is 9.18 Å². The van der Waals surface area contributed by atoms with Gasteiger partial charge >= 0.3 is 12.0 Å². The number of likely N-dealkylation sites (tertiary alicyclic amines) is 1. The zero-order valence-corrected chi connectivity index (χ0v) is 13.5. The largest absolute Gasteiger partial charge is 0.481 e. The molecule has 2 amide bonds. The first-order valence-electron chi connectivity index (χ1n) is 7.88. The molecular formula is C17H23FN2O3. The molecule has 1 saturated heterocycles. The molecule has 0 bridgehead atoms. The van der Waals surface area contributed by atoms with Gasteiger partial charge in [0.25, 0.3) is 0 Å². The van der Waals surface area contributed by atoms with E-state index in [0.29, 0.717) is 19.5 Å². The Balaban J connectivity index is 1.88. The summed E-state index contributed by atoms with van der Waals surface area (Å²) < 4.78 is 12.9. The number of urea groups is 1. The van der Waals surface area contributed by atoms with Crippen molar-refractivity contribution in [1.82, 2.24) is 10.2 Å². The number of piperidine rings is 1. The molecule has 5 nitrogen and oxygen atoms in total. The standard InChI is InChI=1S/C17H23FN2O3/c1-11-7-14(16(21)22)10-20(9-11)17(23)19-8-12(2)13-3-5-15(18)6-4-13/h3-6,11-12,14H,7-10H2,1-2H3,(H,19,23)(H,21,22). The molecule has 2 rings (SSSR count). The van der Waals surface area contributed by atoms with E-state index in [4.69, 9.17) is 5.11 Å². The van der Waals surface area contributed by atoms with Crippen LogP contribution in [-0.4, -0.2) is 41.6 Å². The first kappa shape index (κ1) is 17.2. The van der Waals surface area contributed by atoms with Crippen LogP contribution in [0.25, 0.3) is 0 Å². The van der Waals surface area contributed by atoms with Gasteiger partial charge in [-0.15, -0.1) is 0 Å². The Bertz CT molecular complexity index is 561. The van der Waals surface area contributed by atoms with Crippen molar-refractivity contribution in [2.75, 3.05) is 19.6 Å². The summed E-state index contributed by atoms with van der Waals surface area (Å²) in [6.45, 7) is 5.15. The van der Waals surface area contributed by atoms with Gasteiger partial charge in [0.1, 0.15) is 5.82 Å². The van der Waals surface area contributed by atoms with Gasteiger partial charge in [-0.1, -0.05) is 26.0 Å². The van der Waals surface area contributed by atoms with Crippen LogP contribution in [0.2, 0.25) is 0 Å². The van der Waals surface area contributed by atoms with E-state index in [1.54, 1.807) is 17.0 Å². The third-order valence-corrected chi connectivity index (χ3v) is 4.29. The van der Waals surface area contributed by atoms with E-state index >= 15 is 0 Å². The van der Waals surface area contributed by atoms with Crippen molar-refractivity contribution >= 4 is 12.0 Å². The number of hydrogen-bond donors (Lipinski definition) is 2. The number of nitrogens with one attached hydrogen (secondary N) is 1. The molecule has 3 atom stereocenters. The van der Waals surface area contributed by atoms with Crippen LogP contribution in [0.5, 0.6) is 0 Å². The zero-order chi connectivity index (χ0) is 17.0. The van der Waals surface area contributed by atoms with Gasteiger partial charge in [0, 0.05) is 19.6 Å². The van der Waals surface area contributed by atoms with Crippen molar-refractivity contribution in [2.45, 2.75) is 26.2 Å². The number of amides is 2. The molecule has 0 aromatic heterocycles. The number of carbonyl (C=O) groups excluding carboxylic acids is 1. The smallest absolute Gasteiger partial charge is 0.317 e. The molecule has 0 saturated carbocycles. The lowest BCUT2D eigenvalue weighted by Crippen LogP contribution is -2.50. The predicted molar refractivity (Wildman–Crippen MR) is 84.7 cm³/mol. The molecule has 6 heteroatoms. The number of aliphatic carboxylic acids is 1. The quantitative estimate of drug-likeness (QED) is 0.895. The van der Waals surface area contributed by atoms with Crippen LogP contribution in [0.1, 0.15) is 31.7 Å². The average Bonchev–Trinajstić information content (AvgIpc) is 2.52. The maximum atomic E-state index is 12.9. The minimum absolute atomic E-state index is 0.0528. The Labute approximate surface area is 135 Å². The average molecular weight is 322 g/mol. The van der Waals surface area contributed by atoms with Gasteiger partial charge in [0.05, 0.1) is 5.92 Å². The number of nitrogens with zero attached hydrogens (tertiary/aromatic N) is 1. The molecule has 0 aliphatic carbocycles. The monoisotopic (exact) mass is 322 g/mol. The van der Waals surface area contributed by atoms with Crippen molar-refractivity contribution in [3.63, 3.8) is 0 Å². The van der Waals surface area contributed by atoms with Crippen LogP contribution in [0.15, 0.2) is 24.3 Å². The molecule has 1 aromatic carbocycles. The van der Waals surface area contributed by atoms with E-state index < -0.39 is 11.9 Å². The molecule has 0 spiro atoms. The van der Waals surface area contributed by atoms with E-state index in [-0.39, 0.29) is 30.2 Å². The highest BCUT2D eigenvalue weighted by Crippen LogP contribution is 2.22. The van der Waals surface area contributed by atoms with Crippen LogP contribution < -0.4 is 5.32 Å². The molecule has 2 N–H and O–H groups in total. The Kier molecular flexibility index (Phi) is 5.58. The fourth-order valence-corrected chi connectivity index (χ4v) is 2.96. The maximum absolute atomic E-state index is 12.9. The highest BCUT2D eigenvalue weighted by molar-refractivity contribution is 5.76. The summed E-state index contributed by atoms with van der Waals surface area (Å²) >= 11 is 0. The summed E-state index contributed by atoms with van der Waals surface area (Å²) in [4.78, 5) is 25.0. The summed E-state index contributed by atoms with van der Waals surface area (Å²) in [6.07, 6.45) is 0.602. The number of halogens is 1. The fourth-order valence-electron chi connectivity index (χ4n) is 2.96. The summed E-state index contributed by atoms with van der Waals surface area (Å²) in [6, 6.07) is 5.97. The topological polar surface area (TPSA) is 69.6 Å². The van der Waals surface area contributed by atoms with Crippen molar-refractivity contribution < 1.29 is 19.1 Å². The van der Waals surface area contributed by atoms with Gasteiger partial charge in [-0.25, -0.2) is 9.18 Å². The Hall–Kier alpha value is -2.11. The summed E-state index contributed by atoms with van der Waals surface area (Å²) in [7, 11) is 0. The first-order chi connectivity index (χ1) is 10.9. The molecular weight excluding hydrogens is 299 g/mol. The summed E-state index contributed by atoms with van der Waals surface area (Å²) in [5.74, 6) is -1.41. The highest BCUT2D eigenvalue weighted by atomic mass is 19.1. The molecule has 1 aliphatic rings. The highest BCUT2D eigenvalue weighted by Gasteiger charge is 2.31. The number of carboxylic acids is 1. The van der Waals surface area contributed by atoms with Crippen LogP contribution >= 0.6 is 0 Å². The van der Waals surface area contributed by atoms with Gasteiger partial charge in [0.2, 0.25) is 0 Å². The fraction of sp³-hybridized carbons (Fsp3) is 0.529. The minimum atomic E-state index is -0.853. The van der Waals surface area contributed by atoms with Crippen molar-refractivity contribution in [3.8, 4) is 0 Å². The van der Waals surface area contributed by atoms with E-state index in [1.807, 2.05) is 13.8 Å². The molecule has 1 aromatic rings. The van der Waals surface area contributed by atoms with Crippen LogP contribution in [0, 0.1) is 17.7 Å². The molecule has 23 heavy (non-hydrogen) atoms. The Morgan fingerprint density at radius 3 is 2.61 bits per heavy atom. The second-order valence-electron chi connectivity index (χ2n) is 6.42. The Morgan fingerprint density at radius 2 is 2.00 bits per heavy atom. The normalized spacial score (nSPS) is 22.5. The van der Waals surface area contributed by atoms with E-state index in [0.717, 1.165) is 5.56 Å². The molecule has 1 aliphatic heterocycles. The molecule has 1 heterocycles.